The Morgan fingerprint density at radius 3 is 2.38 bits per heavy atom. The van der Waals surface area contributed by atoms with E-state index in [2.05, 4.69) is 4.74 Å². The van der Waals surface area contributed by atoms with Crippen molar-refractivity contribution in [1.29, 1.82) is 0 Å². The van der Waals surface area contributed by atoms with Gasteiger partial charge < -0.3 is 16.6 Å². The highest BCUT2D eigenvalue weighted by Crippen LogP contribution is 1.76. The predicted molar refractivity (Wildman–Crippen MR) is 30.7 cm³/mol. The van der Waals surface area contributed by atoms with Crippen LogP contribution in [0.5, 0.6) is 0 Å². The average molecular weight is 120 g/mol. The summed E-state index contributed by atoms with van der Waals surface area (Å²) in [6.07, 6.45) is 0.316. The summed E-state index contributed by atoms with van der Waals surface area (Å²) in [6.45, 7) is 0.368. The van der Waals surface area contributed by atoms with Crippen LogP contribution in [0.4, 0.5) is 0 Å². The fourth-order valence-corrected chi connectivity index (χ4v) is 0.220. The van der Waals surface area contributed by atoms with Crippen molar-refractivity contribution in [3.8, 4) is 0 Å². The van der Waals surface area contributed by atoms with Crippen LogP contribution in [-0.2, 0) is 9.53 Å². The Hall–Kier alpha value is -0.610. The van der Waals surface area contributed by atoms with Gasteiger partial charge in [-0.05, 0) is 0 Å². The van der Waals surface area contributed by atoms with Gasteiger partial charge in [-0.25, -0.2) is 0 Å². The van der Waals surface area contributed by atoms with Gasteiger partial charge in [-0.2, -0.15) is 0 Å². The Bertz CT molecular complexity index is 65.1. The summed E-state index contributed by atoms with van der Waals surface area (Å²) in [5.41, 5.74) is 5.00. The number of hydrogen-bond acceptors (Lipinski definition) is 4. The molecule has 0 unspecified atom stereocenters. The fourth-order valence-electron chi connectivity index (χ4n) is 0.220. The van der Waals surface area contributed by atoms with Crippen LogP contribution >= 0.6 is 0 Å². The van der Waals surface area contributed by atoms with Crippen LogP contribution in [0.15, 0.2) is 0 Å². The minimum absolute atomic E-state index is 0. The van der Waals surface area contributed by atoms with Crippen LogP contribution in [0.2, 0.25) is 0 Å². The molecule has 0 saturated carbocycles. The molecule has 0 amide bonds. The van der Waals surface area contributed by atoms with E-state index in [1.54, 1.807) is 0 Å². The first kappa shape index (κ1) is 10.4. The van der Waals surface area contributed by atoms with Crippen molar-refractivity contribution in [2.75, 3.05) is 13.7 Å². The van der Waals surface area contributed by atoms with Gasteiger partial charge in [-0.3, -0.25) is 4.79 Å². The van der Waals surface area contributed by atoms with E-state index in [0.29, 0.717) is 13.0 Å². The van der Waals surface area contributed by atoms with Crippen LogP contribution in [0, 0.1) is 0 Å². The molecular weight excluding hydrogens is 108 g/mol. The van der Waals surface area contributed by atoms with E-state index in [-0.39, 0.29) is 12.1 Å². The Morgan fingerprint density at radius 1 is 1.75 bits per heavy atom. The maximum atomic E-state index is 10.1. The molecule has 50 valence electrons. The van der Waals surface area contributed by atoms with Gasteiger partial charge in [-0.1, -0.05) is 0 Å². The maximum absolute atomic E-state index is 10.1. The molecule has 4 nitrogen and oxygen atoms in total. The number of ether oxygens (including phenoxy) is 1. The first-order chi connectivity index (χ1) is 3.31. The summed E-state index contributed by atoms with van der Waals surface area (Å²) in [4.78, 5) is 10.1. The van der Waals surface area contributed by atoms with Gasteiger partial charge >= 0.3 is 5.97 Å². The molecule has 0 aromatic rings. The van der Waals surface area contributed by atoms with Gasteiger partial charge in [-0.15, -0.1) is 0 Å². The van der Waals surface area contributed by atoms with E-state index in [1.807, 2.05) is 0 Å². The first-order valence-electron chi connectivity index (χ1n) is 2.08. The van der Waals surface area contributed by atoms with Crippen LogP contribution in [-0.4, -0.2) is 19.6 Å². The van der Waals surface area contributed by atoms with Crippen molar-refractivity contribution < 1.29 is 9.53 Å². The second-order valence-electron chi connectivity index (χ2n) is 1.11. The Balaban J connectivity index is 0. The van der Waals surface area contributed by atoms with Gasteiger partial charge in [0.25, 0.3) is 0 Å². The number of carbonyl (C=O) groups is 1. The maximum Gasteiger partial charge on any atom is 0.306 e. The number of methoxy groups -OCH3 is 1. The predicted octanol–water partition coefficient (Wildman–Crippen LogP) is -0.330. The van der Waals surface area contributed by atoms with E-state index in [1.165, 1.54) is 7.11 Å². The summed E-state index contributed by atoms with van der Waals surface area (Å²) in [5, 5.41) is 0. The van der Waals surface area contributed by atoms with Crippen molar-refractivity contribution in [3.05, 3.63) is 0 Å². The molecule has 0 radical (unpaired) electrons. The fraction of sp³-hybridized carbons (Fsp3) is 0.750. The summed E-state index contributed by atoms with van der Waals surface area (Å²) < 4.78 is 4.27. The monoisotopic (exact) mass is 120 g/mol. The van der Waals surface area contributed by atoms with Crippen LogP contribution < -0.4 is 11.9 Å². The summed E-state index contributed by atoms with van der Waals surface area (Å²) in [6, 6.07) is 0. The molecule has 0 aromatic carbocycles. The molecule has 4 heteroatoms. The molecule has 8 heavy (non-hydrogen) atoms. The molecule has 0 fully saturated rings. The van der Waals surface area contributed by atoms with Crippen molar-refractivity contribution in [2.24, 2.45) is 5.73 Å². The zero-order chi connectivity index (χ0) is 5.70. The molecule has 0 aliphatic carbocycles. The Kier molecular flexibility index (Phi) is 8.30. The van der Waals surface area contributed by atoms with Gasteiger partial charge in [0, 0.05) is 6.54 Å². The van der Waals surface area contributed by atoms with E-state index in [4.69, 9.17) is 5.73 Å². The molecule has 0 bridgehead atoms. The van der Waals surface area contributed by atoms with Gasteiger partial charge in [0.1, 0.15) is 0 Å². The van der Waals surface area contributed by atoms with E-state index in [0.717, 1.165) is 0 Å². The van der Waals surface area contributed by atoms with Crippen molar-refractivity contribution in [2.45, 2.75) is 6.42 Å². The normalized spacial score (nSPS) is 7.25. The molecule has 0 spiro atoms. The van der Waals surface area contributed by atoms with E-state index < -0.39 is 0 Å². The third-order valence-electron chi connectivity index (χ3n) is 0.576. The summed E-state index contributed by atoms with van der Waals surface area (Å²) in [5.74, 6) is -0.248. The SMILES string of the molecule is COC(=O)CCN.N. The van der Waals surface area contributed by atoms with Crippen LogP contribution in [0.25, 0.3) is 0 Å². The third kappa shape index (κ3) is 5.39. The molecule has 0 aromatic heterocycles. The Labute approximate surface area is 48.6 Å². The van der Waals surface area contributed by atoms with Gasteiger partial charge in [0.05, 0.1) is 13.5 Å². The van der Waals surface area contributed by atoms with Crippen LogP contribution in [0.3, 0.4) is 0 Å². The highest BCUT2D eigenvalue weighted by Gasteiger charge is 1.92. The zero-order valence-electron chi connectivity index (χ0n) is 5.02. The summed E-state index contributed by atoms with van der Waals surface area (Å²) >= 11 is 0. The number of hydrogen-bond donors (Lipinski definition) is 2. The van der Waals surface area contributed by atoms with Gasteiger partial charge in [0.15, 0.2) is 0 Å². The topological polar surface area (TPSA) is 87.3 Å². The third-order valence-corrected chi connectivity index (χ3v) is 0.576. The number of carbonyl (C=O) groups excluding carboxylic acids is 1. The molecule has 0 aliphatic rings. The van der Waals surface area contributed by atoms with Crippen LogP contribution in [0.1, 0.15) is 6.42 Å². The summed E-state index contributed by atoms with van der Waals surface area (Å²) in [7, 11) is 1.35. The minimum Gasteiger partial charge on any atom is -0.469 e. The largest absolute Gasteiger partial charge is 0.469 e. The highest BCUT2D eigenvalue weighted by atomic mass is 16.5. The second-order valence-corrected chi connectivity index (χ2v) is 1.11. The highest BCUT2D eigenvalue weighted by molar-refractivity contribution is 5.69. The van der Waals surface area contributed by atoms with Crippen molar-refractivity contribution in [1.82, 2.24) is 6.15 Å². The lowest BCUT2D eigenvalue weighted by atomic mass is 10.4. The second kappa shape index (κ2) is 6.39. The number of rotatable bonds is 2. The van der Waals surface area contributed by atoms with Crippen molar-refractivity contribution in [3.63, 3.8) is 0 Å². The molecule has 0 saturated heterocycles. The van der Waals surface area contributed by atoms with E-state index >= 15 is 0 Å². The molecule has 0 aliphatic heterocycles. The smallest absolute Gasteiger partial charge is 0.306 e. The quantitative estimate of drug-likeness (QED) is 0.488. The number of nitrogens with two attached hydrogens (primary N) is 1. The van der Waals surface area contributed by atoms with E-state index in [9.17, 15) is 4.79 Å². The molecular formula is C4H12N2O2. The molecule has 0 rings (SSSR count). The lowest BCUT2D eigenvalue weighted by Crippen LogP contribution is -2.08. The lowest BCUT2D eigenvalue weighted by Gasteiger charge is -1.91. The minimum atomic E-state index is -0.248. The molecule has 0 heterocycles. The number of esters is 1. The first-order valence-corrected chi connectivity index (χ1v) is 2.08. The standard InChI is InChI=1S/C4H9NO2.H3N/c1-7-4(6)2-3-5;/h2-3,5H2,1H3;1H3. The Morgan fingerprint density at radius 2 is 2.25 bits per heavy atom. The average Bonchev–Trinajstić information content (AvgIpc) is 1.68. The van der Waals surface area contributed by atoms with Crippen molar-refractivity contribution >= 4 is 5.97 Å². The lowest BCUT2D eigenvalue weighted by molar-refractivity contribution is -0.140. The molecule has 0 atom stereocenters. The van der Waals surface area contributed by atoms with Gasteiger partial charge in [0.2, 0.25) is 0 Å². The molecule has 5 N–H and O–H groups in total. The zero-order valence-corrected chi connectivity index (χ0v) is 5.02.